The van der Waals surface area contributed by atoms with Crippen LogP contribution in [0.3, 0.4) is 0 Å². The highest BCUT2D eigenvalue weighted by Gasteiger charge is 2.38. The molecule has 5 heterocycles. The summed E-state index contributed by atoms with van der Waals surface area (Å²) in [5, 5.41) is 22.3. The van der Waals surface area contributed by atoms with Gasteiger partial charge in [0.25, 0.3) is 0 Å². The van der Waals surface area contributed by atoms with E-state index in [1.54, 1.807) is 11.3 Å². The van der Waals surface area contributed by atoms with Crippen molar-refractivity contribution in [1.82, 2.24) is 24.5 Å². The number of morpholine rings is 1. The van der Waals surface area contributed by atoms with Gasteiger partial charge in [-0.25, -0.2) is 24.1 Å². The summed E-state index contributed by atoms with van der Waals surface area (Å²) in [6.45, 7) is 6.58. The Bertz CT molecular complexity index is 1250. The minimum absolute atomic E-state index is 0.448. The molecule has 0 spiro atoms. The van der Waals surface area contributed by atoms with E-state index in [2.05, 4.69) is 33.1 Å². The number of rotatable bonds is 4. The first-order valence-corrected chi connectivity index (χ1v) is 13.0. The van der Waals surface area contributed by atoms with Crippen LogP contribution in [-0.4, -0.2) is 98.4 Å². The van der Waals surface area contributed by atoms with Crippen LogP contribution in [0.4, 0.5) is 32.0 Å². The highest BCUT2D eigenvalue weighted by molar-refractivity contribution is 7.09. The summed E-state index contributed by atoms with van der Waals surface area (Å²) in [6.07, 6.45) is -3.95. The molecular weight excluding hydrogens is 586 g/mol. The number of carbonyl (C=O) groups is 2. The standard InChI is InChI=1S/C19H24N6OS.2C2HF3O2/c1-2-17-21-19(22-25(17)13-16(1)24-8-10-26-11-9-24)15-3-6-23(7-4-15)14-18-20-5-12-27-18;2*3-2(4,5)1(6)7/h1-2,5,12-13,15H,3-4,6-11,14H2;2*(H,6,7). The average Bonchev–Trinajstić information content (AvgIpc) is 3.59. The number of aromatic nitrogens is 4. The number of hydrogen-bond donors (Lipinski definition) is 2. The molecule has 0 atom stereocenters. The quantitative estimate of drug-likeness (QED) is 0.421. The lowest BCUT2D eigenvalue weighted by Crippen LogP contribution is -2.36. The lowest BCUT2D eigenvalue weighted by atomic mass is 9.96. The summed E-state index contributed by atoms with van der Waals surface area (Å²) in [7, 11) is 0. The van der Waals surface area contributed by atoms with Crippen molar-refractivity contribution < 1.29 is 50.9 Å². The van der Waals surface area contributed by atoms with Gasteiger partial charge >= 0.3 is 24.3 Å². The highest BCUT2D eigenvalue weighted by Crippen LogP contribution is 2.28. The number of pyridine rings is 1. The maximum absolute atomic E-state index is 10.6. The summed E-state index contributed by atoms with van der Waals surface area (Å²) in [4.78, 5) is 31.8. The highest BCUT2D eigenvalue weighted by atomic mass is 32.1. The molecule has 2 saturated heterocycles. The van der Waals surface area contributed by atoms with Crippen LogP contribution >= 0.6 is 11.3 Å². The van der Waals surface area contributed by atoms with Gasteiger partial charge in [-0.15, -0.1) is 11.3 Å². The van der Waals surface area contributed by atoms with E-state index in [1.807, 2.05) is 16.1 Å². The largest absolute Gasteiger partial charge is 0.490 e. The number of halogens is 6. The first-order chi connectivity index (χ1) is 19.2. The molecule has 2 fully saturated rings. The molecule has 2 N–H and O–H groups in total. The normalized spacial score (nSPS) is 16.9. The van der Waals surface area contributed by atoms with Crippen LogP contribution in [0.5, 0.6) is 0 Å². The third-order valence-corrected chi connectivity index (χ3v) is 6.75. The number of likely N-dealkylation sites (tertiary alicyclic amines) is 1. The van der Waals surface area contributed by atoms with Gasteiger partial charge in [-0.2, -0.15) is 31.4 Å². The van der Waals surface area contributed by atoms with Gasteiger partial charge in [0.1, 0.15) is 5.01 Å². The van der Waals surface area contributed by atoms with Crippen LogP contribution < -0.4 is 4.90 Å². The Morgan fingerprint density at radius 3 is 2.07 bits per heavy atom. The first kappa shape index (κ1) is 32.0. The molecule has 0 amide bonds. The fourth-order valence-electron chi connectivity index (χ4n) is 3.94. The van der Waals surface area contributed by atoms with E-state index in [0.29, 0.717) is 5.92 Å². The smallest absolute Gasteiger partial charge is 0.475 e. The second-order valence-corrected chi connectivity index (χ2v) is 9.82. The summed E-state index contributed by atoms with van der Waals surface area (Å²) in [5.41, 5.74) is 2.13. The number of fused-ring (bicyclic) bond motifs is 1. The number of carboxylic acids is 2. The Morgan fingerprint density at radius 1 is 0.976 bits per heavy atom. The van der Waals surface area contributed by atoms with Crippen molar-refractivity contribution in [1.29, 1.82) is 0 Å². The topological polar surface area (TPSA) is 133 Å². The Hall–Kier alpha value is -3.51. The summed E-state index contributed by atoms with van der Waals surface area (Å²) < 4.78 is 70.9. The van der Waals surface area contributed by atoms with Gasteiger partial charge in [0.15, 0.2) is 11.5 Å². The molecular formula is C23H26F6N6O5S. The van der Waals surface area contributed by atoms with Gasteiger partial charge in [0.05, 0.1) is 31.6 Å². The van der Waals surface area contributed by atoms with Crippen LogP contribution in [0.2, 0.25) is 0 Å². The minimum atomic E-state index is -5.08. The molecule has 2 aliphatic heterocycles. The Morgan fingerprint density at radius 2 is 1.56 bits per heavy atom. The second-order valence-electron chi connectivity index (χ2n) is 8.84. The number of carboxylic acid groups (broad SMARTS) is 2. The number of thiazole rings is 1. The van der Waals surface area contributed by atoms with Crippen molar-refractivity contribution >= 4 is 34.6 Å². The van der Waals surface area contributed by atoms with Crippen molar-refractivity contribution in [2.75, 3.05) is 44.3 Å². The first-order valence-electron chi connectivity index (χ1n) is 12.1. The molecule has 226 valence electrons. The number of nitrogens with zero attached hydrogens (tertiary/aromatic N) is 6. The third kappa shape index (κ3) is 9.82. The zero-order valence-corrected chi connectivity index (χ0v) is 22.1. The van der Waals surface area contributed by atoms with E-state index < -0.39 is 24.3 Å². The van der Waals surface area contributed by atoms with E-state index >= 15 is 0 Å². The molecule has 18 heteroatoms. The molecule has 0 radical (unpaired) electrons. The molecule has 0 saturated carbocycles. The Kier molecular flexibility index (Phi) is 10.9. The molecule has 3 aromatic rings. The van der Waals surface area contributed by atoms with Gasteiger partial charge in [0, 0.05) is 30.6 Å². The summed E-state index contributed by atoms with van der Waals surface area (Å²) >= 11 is 1.74. The number of hydrogen-bond acceptors (Lipinski definition) is 9. The van der Waals surface area contributed by atoms with Crippen molar-refractivity contribution in [2.24, 2.45) is 0 Å². The Balaban J connectivity index is 0.000000276. The molecule has 5 rings (SSSR count). The van der Waals surface area contributed by atoms with Crippen molar-refractivity contribution in [3.63, 3.8) is 0 Å². The van der Waals surface area contributed by atoms with E-state index in [9.17, 15) is 26.3 Å². The number of anilines is 1. The zero-order valence-electron chi connectivity index (χ0n) is 21.3. The van der Waals surface area contributed by atoms with Crippen molar-refractivity contribution in [2.45, 2.75) is 37.7 Å². The van der Waals surface area contributed by atoms with E-state index in [-0.39, 0.29) is 0 Å². The van der Waals surface area contributed by atoms with Gasteiger partial charge in [-0.05, 0) is 38.1 Å². The molecule has 3 aromatic heterocycles. The lowest BCUT2D eigenvalue weighted by Gasteiger charge is -2.29. The van der Waals surface area contributed by atoms with E-state index in [1.165, 1.54) is 10.7 Å². The average molecular weight is 613 g/mol. The van der Waals surface area contributed by atoms with Crippen LogP contribution in [0.25, 0.3) is 5.65 Å². The van der Waals surface area contributed by atoms with Crippen molar-refractivity contribution in [3.8, 4) is 0 Å². The summed E-state index contributed by atoms with van der Waals surface area (Å²) in [5.74, 6) is -4.08. The SMILES string of the molecule is O=C(O)C(F)(F)F.O=C(O)C(F)(F)F.c1csc(CN2CCC(c3nc4ccc(N5CCOCC5)cn4n3)CC2)n1. The lowest BCUT2D eigenvalue weighted by molar-refractivity contribution is -0.193. The predicted molar refractivity (Wildman–Crippen MR) is 133 cm³/mol. The number of aliphatic carboxylic acids is 2. The zero-order chi connectivity index (χ0) is 30.2. The van der Waals surface area contributed by atoms with Crippen molar-refractivity contribution in [3.05, 3.63) is 40.7 Å². The predicted octanol–water partition coefficient (Wildman–Crippen LogP) is 3.67. The molecule has 41 heavy (non-hydrogen) atoms. The molecule has 0 bridgehead atoms. The van der Waals surface area contributed by atoms with E-state index in [0.717, 1.165) is 70.3 Å². The fourth-order valence-corrected chi connectivity index (χ4v) is 4.60. The molecule has 11 nitrogen and oxygen atoms in total. The molecule has 0 aliphatic carbocycles. The minimum Gasteiger partial charge on any atom is -0.475 e. The fraction of sp³-hybridized carbons (Fsp3) is 0.522. The molecule has 0 unspecified atom stereocenters. The van der Waals surface area contributed by atoms with Crippen LogP contribution in [0, 0.1) is 0 Å². The monoisotopic (exact) mass is 612 g/mol. The molecule has 2 aliphatic rings. The maximum atomic E-state index is 10.6. The third-order valence-electron chi connectivity index (χ3n) is 5.99. The van der Waals surface area contributed by atoms with Gasteiger partial charge in [-0.3, -0.25) is 4.90 Å². The van der Waals surface area contributed by atoms with Gasteiger partial charge in [-0.1, -0.05) is 0 Å². The van der Waals surface area contributed by atoms with Crippen LogP contribution in [-0.2, 0) is 20.9 Å². The van der Waals surface area contributed by atoms with Crippen LogP contribution in [0.15, 0.2) is 29.9 Å². The second kappa shape index (κ2) is 13.9. The number of alkyl halides is 6. The maximum Gasteiger partial charge on any atom is 0.490 e. The van der Waals surface area contributed by atoms with Gasteiger partial charge < -0.3 is 19.8 Å². The van der Waals surface area contributed by atoms with Crippen LogP contribution in [0.1, 0.15) is 29.6 Å². The Labute approximate surface area is 233 Å². The number of ether oxygens (including phenoxy) is 1. The van der Waals surface area contributed by atoms with E-state index in [4.69, 9.17) is 34.6 Å². The number of piperidine rings is 1. The molecule has 0 aromatic carbocycles. The summed E-state index contributed by atoms with van der Waals surface area (Å²) in [6, 6.07) is 4.23. The van der Waals surface area contributed by atoms with Gasteiger partial charge in [0.2, 0.25) is 0 Å².